The molecule has 2 aromatic carbocycles. The highest BCUT2D eigenvalue weighted by atomic mass is 35.5. The lowest BCUT2D eigenvalue weighted by Gasteiger charge is -2.33. The fraction of sp³-hybridized carbons (Fsp3) is 0.333. The molecule has 1 aliphatic rings. The predicted octanol–water partition coefficient (Wildman–Crippen LogP) is 3.04. The number of halogens is 1. The van der Waals surface area contributed by atoms with E-state index in [0.29, 0.717) is 0 Å². The van der Waals surface area contributed by atoms with E-state index in [1.807, 2.05) is 29.8 Å². The highest BCUT2D eigenvalue weighted by Crippen LogP contribution is 2.19. The monoisotopic (exact) mass is 414 g/mol. The van der Waals surface area contributed by atoms with E-state index in [1.54, 1.807) is 0 Å². The summed E-state index contributed by atoms with van der Waals surface area (Å²) >= 11 is 11.9. The van der Waals surface area contributed by atoms with Gasteiger partial charge in [0.2, 0.25) is 4.77 Å². The van der Waals surface area contributed by atoms with Crippen molar-refractivity contribution < 1.29 is 4.90 Å². The number of hydrogen-bond acceptors (Lipinski definition) is 3. The number of aromatic nitrogens is 3. The van der Waals surface area contributed by atoms with E-state index in [2.05, 4.69) is 46.7 Å². The third kappa shape index (κ3) is 3.99. The average molecular weight is 415 g/mol. The van der Waals surface area contributed by atoms with Gasteiger partial charge in [-0.25, -0.2) is 0 Å². The summed E-state index contributed by atoms with van der Waals surface area (Å²) in [6.45, 7) is 9.00. The molecule has 0 bridgehead atoms. The van der Waals surface area contributed by atoms with E-state index in [-0.39, 0.29) is 0 Å². The van der Waals surface area contributed by atoms with Crippen LogP contribution in [0.4, 0.5) is 5.69 Å². The fourth-order valence-corrected chi connectivity index (χ4v) is 4.33. The molecule has 1 aliphatic heterocycles. The Kier molecular flexibility index (Phi) is 5.53. The number of hydrogen-bond donors (Lipinski definition) is 1. The lowest BCUT2D eigenvalue weighted by Crippen LogP contribution is -3.14. The smallest absolute Gasteiger partial charge is 0.207 e. The van der Waals surface area contributed by atoms with Crippen LogP contribution in [0.15, 0.2) is 48.5 Å². The molecule has 0 aliphatic carbocycles. The molecule has 7 heteroatoms. The van der Waals surface area contributed by atoms with Crippen molar-refractivity contribution >= 4 is 29.5 Å². The molecular formula is C21H25ClN5S+. The van der Waals surface area contributed by atoms with Crippen molar-refractivity contribution in [2.45, 2.75) is 20.5 Å². The molecule has 28 heavy (non-hydrogen) atoms. The minimum atomic E-state index is 0.757. The van der Waals surface area contributed by atoms with Crippen molar-refractivity contribution in [3.63, 3.8) is 0 Å². The van der Waals surface area contributed by atoms with Gasteiger partial charge in [-0.15, -0.1) is 0 Å². The molecular weight excluding hydrogens is 390 g/mol. The molecule has 4 rings (SSSR count). The van der Waals surface area contributed by atoms with Crippen molar-refractivity contribution in [2.24, 2.45) is 0 Å². The van der Waals surface area contributed by atoms with Gasteiger partial charge in [-0.05, 0) is 62.0 Å². The molecule has 5 nitrogen and oxygen atoms in total. The van der Waals surface area contributed by atoms with Crippen LogP contribution in [0.25, 0.3) is 5.69 Å². The maximum Gasteiger partial charge on any atom is 0.207 e. The highest BCUT2D eigenvalue weighted by Gasteiger charge is 2.22. The molecule has 146 valence electrons. The quantitative estimate of drug-likeness (QED) is 0.665. The second-order valence-corrected chi connectivity index (χ2v) is 8.18. The lowest BCUT2D eigenvalue weighted by molar-refractivity contribution is -0.924. The van der Waals surface area contributed by atoms with E-state index < -0.39 is 0 Å². The van der Waals surface area contributed by atoms with Crippen LogP contribution in [0.2, 0.25) is 5.02 Å². The molecule has 0 spiro atoms. The number of nitrogens with one attached hydrogen (secondary N) is 1. The van der Waals surface area contributed by atoms with Crippen LogP contribution in [0, 0.1) is 18.6 Å². The molecule has 0 saturated carbocycles. The van der Waals surface area contributed by atoms with Gasteiger partial charge in [-0.3, -0.25) is 4.57 Å². The summed E-state index contributed by atoms with van der Waals surface area (Å²) in [6.07, 6.45) is 0. The van der Waals surface area contributed by atoms with Crippen molar-refractivity contribution in [1.29, 1.82) is 0 Å². The first-order chi connectivity index (χ1) is 13.5. The van der Waals surface area contributed by atoms with E-state index in [1.165, 1.54) is 16.2 Å². The third-order valence-corrected chi connectivity index (χ3v) is 5.91. The second kappa shape index (κ2) is 8.07. The number of anilines is 1. The summed E-state index contributed by atoms with van der Waals surface area (Å²) in [6, 6.07) is 16.5. The van der Waals surface area contributed by atoms with Gasteiger partial charge in [0.1, 0.15) is 5.82 Å². The summed E-state index contributed by atoms with van der Waals surface area (Å²) in [5.74, 6) is 0.924. The largest absolute Gasteiger partial charge is 0.360 e. The standard InChI is InChI=1S/C21H24ClN5S/c1-16-5-3-8-20(13-16)27-17(2)23-26(21(27)28)15-24-9-11-25(12-10-24)19-7-4-6-18(22)14-19/h3-8,13-14H,9-12,15H2,1-2H3/p+1. The Bertz CT molecular complexity index is 1030. The Labute approximate surface area is 175 Å². The molecule has 1 N–H and O–H groups in total. The number of rotatable bonds is 4. The Hall–Kier alpha value is -2.15. The van der Waals surface area contributed by atoms with Crippen LogP contribution in [-0.4, -0.2) is 40.5 Å². The molecule has 0 unspecified atom stereocenters. The summed E-state index contributed by atoms with van der Waals surface area (Å²) in [5, 5.41) is 5.51. The zero-order chi connectivity index (χ0) is 19.7. The van der Waals surface area contributed by atoms with Crippen LogP contribution in [0.1, 0.15) is 11.4 Å². The SMILES string of the molecule is Cc1cccc(-n2c(C)nn(C[NH+]3CCN(c4cccc(Cl)c4)CC3)c2=S)c1. The minimum Gasteiger partial charge on any atom is -0.360 e. The molecule has 3 aromatic rings. The summed E-state index contributed by atoms with van der Waals surface area (Å²) < 4.78 is 4.79. The van der Waals surface area contributed by atoms with Crippen molar-refractivity contribution in [1.82, 2.24) is 14.3 Å². The Balaban J connectivity index is 1.46. The number of quaternary nitrogens is 1. The van der Waals surface area contributed by atoms with Crippen LogP contribution >= 0.6 is 23.8 Å². The molecule has 2 heterocycles. The van der Waals surface area contributed by atoms with Gasteiger partial charge in [0.05, 0.1) is 26.2 Å². The number of piperazine rings is 1. The Morgan fingerprint density at radius 3 is 2.46 bits per heavy atom. The molecule has 1 fully saturated rings. The maximum absolute atomic E-state index is 6.14. The van der Waals surface area contributed by atoms with Gasteiger partial charge in [0.15, 0.2) is 6.67 Å². The highest BCUT2D eigenvalue weighted by molar-refractivity contribution is 7.71. The minimum absolute atomic E-state index is 0.757. The van der Waals surface area contributed by atoms with Gasteiger partial charge in [-0.2, -0.15) is 9.78 Å². The molecule has 0 atom stereocenters. The lowest BCUT2D eigenvalue weighted by atomic mass is 10.2. The third-order valence-electron chi connectivity index (χ3n) is 5.28. The zero-order valence-corrected chi connectivity index (χ0v) is 17.8. The molecule has 1 saturated heterocycles. The number of aryl methyl sites for hydroxylation is 2. The zero-order valence-electron chi connectivity index (χ0n) is 16.2. The number of nitrogens with zero attached hydrogens (tertiary/aromatic N) is 4. The van der Waals surface area contributed by atoms with Crippen molar-refractivity contribution in [3.05, 3.63) is 69.7 Å². The predicted molar refractivity (Wildman–Crippen MR) is 116 cm³/mol. The van der Waals surface area contributed by atoms with Crippen LogP contribution in [0.3, 0.4) is 0 Å². The number of benzene rings is 2. The van der Waals surface area contributed by atoms with Crippen molar-refractivity contribution in [2.75, 3.05) is 31.1 Å². The Morgan fingerprint density at radius 1 is 1.04 bits per heavy atom. The first-order valence-electron chi connectivity index (χ1n) is 9.59. The van der Waals surface area contributed by atoms with Gasteiger partial charge >= 0.3 is 0 Å². The van der Waals surface area contributed by atoms with E-state index >= 15 is 0 Å². The van der Waals surface area contributed by atoms with Gasteiger partial charge in [0.25, 0.3) is 0 Å². The first-order valence-corrected chi connectivity index (χ1v) is 10.4. The van der Waals surface area contributed by atoms with E-state index in [4.69, 9.17) is 28.9 Å². The second-order valence-electron chi connectivity index (χ2n) is 7.38. The van der Waals surface area contributed by atoms with E-state index in [9.17, 15) is 0 Å². The molecule has 0 amide bonds. The first kappa shape index (κ1) is 19.2. The van der Waals surface area contributed by atoms with Crippen LogP contribution in [0.5, 0.6) is 0 Å². The summed E-state index contributed by atoms with van der Waals surface area (Å²) in [7, 11) is 0. The van der Waals surface area contributed by atoms with Crippen molar-refractivity contribution in [3.8, 4) is 5.69 Å². The molecule has 1 aromatic heterocycles. The summed E-state index contributed by atoms with van der Waals surface area (Å²) in [4.78, 5) is 3.88. The van der Waals surface area contributed by atoms with Crippen LogP contribution < -0.4 is 9.80 Å². The van der Waals surface area contributed by atoms with Gasteiger partial charge < -0.3 is 9.80 Å². The molecule has 0 radical (unpaired) electrons. The Morgan fingerprint density at radius 2 is 1.75 bits per heavy atom. The fourth-order valence-electron chi connectivity index (χ4n) is 3.81. The van der Waals surface area contributed by atoms with Gasteiger partial charge in [0, 0.05) is 16.4 Å². The maximum atomic E-state index is 6.14. The topological polar surface area (TPSA) is 30.4 Å². The average Bonchev–Trinajstić information content (AvgIpc) is 2.95. The van der Waals surface area contributed by atoms with Crippen LogP contribution in [-0.2, 0) is 6.67 Å². The van der Waals surface area contributed by atoms with Gasteiger partial charge in [-0.1, -0.05) is 29.8 Å². The van der Waals surface area contributed by atoms with E-state index in [0.717, 1.165) is 54.2 Å². The normalized spacial score (nSPS) is 15.2. The summed E-state index contributed by atoms with van der Waals surface area (Å²) in [5.41, 5.74) is 3.49.